The summed E-state index contributed by atoms with van der Waals surface area (Å²) in [5.41, 5.74) is 0.631. The lowest BCUT2D eigenvalue weighted by molar-refractivity contribution is -0.113. The molecule has 0 radical (unpaired) electrons. The van der Waals surface area contributed by atoms with Crippen LogP contribution in [0.5, 0.6) is 11.5 Å². The van der Waals surface area contributed by atoms with Crippen LogP contribution in [0.25, 0.3) is 5.57 Å². The van der Waals surface area contributed by atoms with Crippen molar-refractivity contribution in [2.24, 2.45) is 0 Å². The first-order chi connectivity index (χ1) is 7.99. The molecule has 0 saturated carbocycles. The molecule has 0 spiro atoms. The summed E-state index contributed by atoms with van der Waals surface area (Å²) >= 11 is 0. The lowest BCUT2D eigenvalue weighted by Gasteiger charge is -2.24. The van der Waals surface area contributed by atoms with Crippen LogP contribution in [-0.4, -0.2) is 21.6 Å². The minimum Gasteiger partial charge on any atom is -0.508 e. The number of hydrogen-bond donors (Lipinski definition) is 2. The van der Waals surface area contributed by atoms with Crippen molar-refractivity contribution in [1.29, 1.82) is 0 Å². The zero-order chi connectivity index (χ0) is 12.2. The SMILES string of the molecule is CC12C=C(O)C(=O)C=C1c1ccc(O)cc1O2. The number of aliphatic hydroxyl groups excluding tert-OH is 1. The molecule has 0 fully saturated rings. The highest BCUT2D eigenvalue weighted by atomic mass is 16.5. The van der Waals surface area contributed by atoms with Crippen LogP contribution in [0.3, 0.4) is 0 Å². The van der Waals surface area contributed by atoms with Gasteiger partial charge >= 0.3 is 0 Å². The van der Waals surface area contributed by atoms with Crippen molar-refractivity contribution >= 4 is 11.4 Å². The molecule has 2 N–H and O–H groups in total. The predicted octanol–water partition coefficient (Wildman–Crippen LogP) is 1.95. The maximum Gasteiger partial charge on any atom is 0.220 e. The van der Waals surface area contributed by atoms with E-state index in [1.54, 1.807) is 13.0 Å². The van der Waals surface area contributed by atoms with Crippen molar-refractivity contribution in [3.05, 3.63) is 41.7 Å². The van der Waals surface area contributed by atoms with Crippen LogP contribution in [0.4, 0.5) is 0 Å². The second-order valence-corrected chi connectivity index (χ2v) is 4.34. The van der Waals surface area contributed by atoms with E-state index in [0.717, 1.165) is 5.56 Å². The smallest absolute Gasteiger partial charge is 0.220 e. The summed E-state index contributed by atoms with van der Waals surface area (Å²) in [6.07, 6.45) is 2.76. The van der Waals surface area contributed by atoms with Crippen molar-refractivity contribution in [2.75, 3.05) is 0 Å². The van der Waals surface area contributed by atoms with Crippen molar-refractivity contribution in [3.8, 4) is 11.5 Å². The molecule has 86 valence electrons. The molecule has 4 heteroatoms. The fourth-order valence-corrected chi connectivity index (χ4v) is 2.23. The van der Waals surface area contributed by atoms with E-state index in [1.807, 2.05) is 0 Å². The molecule has 1 atom stereocenters. The number of ether oxygens (including phenoxy) is 1. The van der Waals surface area contributed by atoms with Gasteiger partial charge in [-0.15, -0.1) is 0 Å². The molecule has 0 aromatic heterocycles. The predicted molar refractivity (Wildman–Crippen MR) is 60.8 cm³/mol. The third-order valence-corrected chi connectivity index (χ3v) is 3.05. The highest BCUT2D eigenvalue weighted by Gasteiger charge is 2.42. The van der Waals surface area contributed by atoms with E-state index in [9.17, 15) is 15.0 Å². The van der Waals surface area contributed by atoms with Crippen LogP contribution in [-0.2, 0) is 4.79 Å². The number of carbonyl (C=O) groups is 1. The van der Waals surface area contributed by atoms with Gasteiger partial charge in [0.1, 0.15) is 11.5 Å². The summed E-state index contributed by atoms with van der Waals surface area (Å²) in [5.74, 6) is -0.126. The highest BCUT2D eigenvalue weighted by molar-refractivity contribution is 6.11. The second-order valence-electron chi connectivity index (χ2n) is 4.34. The van der Waals surface area contributed by atoms with Gasteiger partial charge in [0, 0.05) is 23.3 Å². The first-order valence-electron chi connectivity index (χ1n) is 5.20. The van der Waals surface area contributed by atoms with Crippen molar-refractivity contribution < 1.29 is 19.7 Å². The number of aliphatic hydroxyl groups is 1. The Morgan fingerprint density at radius 3 is 2.82 bits per heavy atom. The van der Waals surface area contributed by atoms with Crippen molar-refractivity contribution in [3.63, 3.8) is 0 Å². The van der Waals surface area contributed by atoms with Gasteiger partial charge in [-0.1, -0.05) is 0 Å². The molecular formula is C13H10O4. The highest BCUT2D eigenvalue weighted by Crippen LogP contribution is 2.47. The average Bonchev–Trinajstić information content (AvgIpc) is 2.50. The molecule has 1 unspecified atom stereocenters. The minimum atomic E-state index is -0.839. The maximum absolute atomic E-state index is 11.5. The zero-order valence-corrected chi connectivity index (χ0v) is 9.10. The maximum atomic E-state index is 11.5. The molecule has 17 heavy (non-hydrogen) atoms. The monoisotopic (exact) mass is 230 g/mol. The van der Waals surface area contributed by atoms with Crippen molar-refractivity contribution in [2.45, 2.75) is 12.5 Å². The van der Waals surface area contributed by atoms with Gasteiger partial charge in [0.05, 0.1) is 0 Å². The Morgan fingerprint density at radius 2 is 2.06 bits per heavy atom. The largest absolute Gasteiger partial charge is 0.508 e. The van der Waals surface area contributed by atoms with E-state index in [4.69, 9.17) is 4.74 Å². The number of phenolic OH excluding ortho intramolecular Hbond substituents is 1. The molecular weight excluding hydrogens is 220 g/mol. The van der Waals surface area contributed by atoms with E-state index in [0.29, 0.717) is 11.3 Å². The van der Waals surface area contributed by atoms with Gasteiger partial charge in [0.15, 0.2) is 11.4 Å². The number of phenols is 1. The molecule has 0 amide bonds. The number of fused-ring (bicyclic) bond motifs is 3. The molecule has 1 aliphatic heterocycles. The Morgan fingerprint density at radius 1 is 1.29 bits per heavy atom. The summed E-state index contributed by atoms with van der Waals surface area (Å²) in [4.78, 5) is 11.5. The summed E-state index contributed by atoms with van der Waals surface area (Å²) in [5, 5.41) is 18.8. The van der Waals surface area contributed by atoms with Crippen LogP contribution in [0.2, 0.25) is 0 Å². The first kappa shape index (κ1) is 9.96. The number of allylic oxidation sites excluding steroid dienone is 1. The van der Waals surface area contributed by atoms with E-state index in [2.05, 4.69) is 0 Å². The van der Waals surface area contributed by atoms with Crippen LogP contribution < -0.4 is 4.74 Å². The Kier molecular flexibility index (Phi) is 1.71. The van der Waals surface area contributed by atoms with Gasteiger partial charge in [-0.2, -0.15) is 0 Å². The number of ketones is 1. The van der Waals surface area contributed by atoms with Crippen molar-refractivity contribution in [1.82, 2.24) is 0 Å². The minimum absolute atomic E-state index is 0.103. The Balaban J connectivity index is 2.22. The number of carbonyl (C=O) groups excluding carboxylic acids is 1. The molecule has 0 saturated heterocycles. The fourth-order valence-electron chi connectivity index (χ4n) is 2.23. The van der Waals surface area contributed by atoms with E-state index < -0.39 is 11.4 Å². The van der Waals surface area contributed by atoms with Crippen LogP contribution in [0, 0.1) is 0 Å². The Labute approximate surface area is 97.5 Å². The third-order valence-electron chi connectivity index (χ3n) is 3.05. The lowest BCUT2D eigenvalue weighted by atomic mass is 9.86. The number of hydrogen-bond acceptors (Lipinski definition) is 4. The molecule has 2 aliphatic rings. The van der Waals surface area contributed by atoms with Gasteiger partial charge < -0.3 is 14.9 Å². The molecule has 0 bridgehead atoms. The van der Waals surface area contributed by atoms with Gasteiger partial charge in [0.2, 0.25) is 5.78 Å². The third kappa shape index (κ3) is 1.27. The van der Waals surface area contributed by atoms with Crippen LogP contribution >= 0.6 is 0 Å². The normalized spacial score (nSPS) is 25.6. The van der Waals surface area contributed by atoms with E-state index >= 15 is 0 Å². The van der Waals surface area contributed by atoms with Crippen LogP contribution in [0.15, 0.2) is 36.1 Å². The average molecular weight is 230 g/mol. The molecule has 1 aromatic carbocycles. The Bertz CT molecular complexity index is 597. The molecule has 1 aromatic rings. The topological polar surface area (TPSA) is 66.8 Å². The number of aromatic hydroxyl groups is 1. The van der Waals surface area contributed by atoms with Gasteiger partial charge in [-0.3, -0.25) is 4.79 Å². The molecule has 1 heterocycles. The van der Waals surface area contributed by atoms with Gasteiger partial charge in [-0.25, -0.2) is 0 Å². The van der Waals surface area contributed by atoms with Gasteiger partial charge in [0.25, 0.3) is 0 Å². The molecule has 1 aliphatic carbocycles. The van der Waals surface area contributed by atoms with E-state index in [1.165, 1.54) is 24.3 Å². The quantitative estimate of drug-likeness (QED) is 0.714. The van der Waals surface area contributed by atoms with E-state index in [-0.39, 0.29) is 11.5 Å². The summed E-state index contributed by atoms with van der Waals surface area (Å²) < 4.78 is 5.68. The zero-order valence-electron chi connectivity index (χ0n) is 9.10. The standard InChI is InChI=1S/C13H10O4/c1-13-6-11(16)10(15)5-9(13)8-3-2-7(14)4-12(8)17-13/h2-6,14,16H,1H3. The second kappa shape index (κ2) is 2.91. The summed E-state index contributed by atoms with van der Waals surface area (Å²) in [6.45, 7) is 1.76. The summed E-state index contributed by atoms with van der Waals surface area (Å²) in [6, 6.07) is 4.73. The lowest BCUT2D eigenvalue weighted by Crippen LogP contribution is -2.30. The Hall–Kier alpha value is -2.23. The summed E-state index contributed by atoms with van der Waals surface area (Å²) in [7, 11) is 0. The fraction of sp³-hybridized carbons (Fsp3) is 0.154. The van der Waals surface area contributed by atoms with Crippen LogP contribution in [0.1, 0.15) is 12.5 Å². The first-order valence-corrected chi connectivity index (χ1v) is 5.20. The molecule has 3 rings (SSSR count). The molecule has 4 nitrogen and oxygen atoms in total. The number of benzene rings is 1. The van der Waals surface area contributed by atoms with Gasteiger partial charge in [-0.05, 0) is 25.1 Å². The number of rotatable bonds is 0.